The van der Waals surface area contributed by atoms with Crippen molar-refractivity contribution < 1.29 is 18.1 Å². The first-order valence-electron chi connectivity index (χ1n) is 6.36. The van der Waals surface area contributed by atoms with E-state index in [0.29, 0.717) is 0 Å². The SMILES string of the molecule is COc1ccc([N+](=O)[O-])cc1NS(=O)(=O)c1ccc(SC)cc1. The van der Waals surface area contributed by atoms with Crippen molar-refractivity contribution in [1.82, 2.24) is 0 Å². The summed E-state index contributed by atoms with van der Waals surface area (Å²) >= 11 is 1.49. The summed E-state index contributed by atoms with van der Waals surface area (Å²) in [6.45, 7) is 0. The lowest BCUT2D eigenvalue weighted by molar-refractivity contribution is -0.384. The molecular formula is C14H14N2O5S2. The Labute approximate surface area is 137 Å². The summed E-state index contributed by atoms with van der Waals surface area (Å²) in [5, 5.41) is 10.8. The minimum Gasteiger partial charge on any atom is -0.495 e. The van der Waals surface area contributed by atoms with E-state index in [0.717, 1.165) is 11.0 Å². The molecule has 9 heteroatoms. The number of rotatable bonds is 6. The van der Waals surface area contributed by atoms with E-state index in [1.54, 1.807) is 12.1 Å². The average molecular weight is 354 g/mol. The van der Waals surface area contributed by atoms with Crippen LogP contribution in [-0.2, 0) is 10.0 Å². The first-order chi connectivity index (χ1) is 10.9. The Bertz CT molecular complexity index is 820. The third kappa shape index (κ3) is 3.93. The van der Waals surface area contributed by atoms with Crippen molar-refractivity contribution in [3.8, 4) is 5.75 Å². The number of thioether (sulfide) groups is 1. The van der Waals surface area contributed by atoms with Crippen molar-refractivity contribution in [3.05, 3.63) is 52.6 Å². The maximum Gasteiger partial charge on any atom is 0.271 e. The molecule has 0 amide bonds. The van der Waals surface area contributed by atoms with E-state index in [2.05, 4.69) is 4.72 Å². The van der Waals surface area contributed by atoms with Gasteiger partial charge in [-0.15, -0.1) is 11.8 Å². The molecule has 0 fully saturated rings. The molecule has 0 heterocycles. The lowest BCUT2D eigenvalue weighted by Crippen LogP contribution is -2.13. The number of nitrogens with zero attached hydrogens (tertiary/aromatic N) is 1. The fourth-order valence-electron chi connectivity index (χ4n) is 1.85. The molecule has 1 N–H and O–H groups in total. The van der Waals surface area contributed by atoms with Crippen LogP contribution in [0.3, 0.4) is 0 Å². The summed E-state index contributed by atoms with van der Waals surface area (Å²) in [6.07, 6.45) is 1.88. The van der Waals surface area contributed by atoms with E-state index in [1.807, 2.05) is 6.26 Å². The molecule has 0 atom stereocenters. The fraction of sp³-hybridized carbons (Fsp3) is 0.143. The summed E-state index contributed by atoms with van der Waals surface area (Å²) in [5.74, 6) is 0.194. The highest BCUT2D eigenvalue weighted by atomic mass is 32.2. The maximum absolute atomic E-state index is 12.4. The minimum absolute atomic E-state index is 0.00985. The van der Waals surface area contributed by atoms with Gasteiger partial charge < -0.3 is 4.74 Å². The molecule has 7 nitrogen and oxygen atoms in total. The summed E-state index contributed by atoms with van der Waals surface area (Å²) in [4.78, 5) is 11.2. The molecule has 23 heavy (non-hydrogen) atoms. The zero-order chi connectivity index (χ0) is 17.0. The quantitative estimate of drug-likeness (QED) is 0.486. The molecule has 2 aromatic carbocycles. The lowest BCUT2D eigenvalue weighted by Gasteiger charge is -2.12. The molecule has 0 unspecified atom stereocenters. The van der Waals surface area contributed by atoms with Gasteiger partial charge in [0.15, 0.2) is 0 Å². The second-order valence-electron chi connectivity index (χ2n) is 4.42. The Hall–Kier alpha value is -2.26. The van der Waals surface area contributed by atoms with Crippen LogP contribution in [-0.4, -0.2) is 26.7 Å². The standard InChI is InChI=1S/C14H14N2O5S2/c1-21-14-8-3-10(16(17)18)9-13(14)15-23(19,20)12-6-4-11(22-2)5-7-12/h3-9,15H,1-2H3. The maximum atomic E-state index is 12.4. The third-order valence-electron chi connectivity index (χ3n) is 3.01. The van der Waals surface area contributed by atoms with Gasteiger partial charge in [-0.2, -0.15) is 0 Å². The summed E-state index contributed by atoms with van der Waals surface area (Å²) < 4.78 is 32.2. The van der Waals surface area contributed by atoms with Gasteiger partial charge in [0.05, 0.1) is 22.6 Å². The highest BCUT2D eigenvalue weighted by Gasteiger charge is 2.19. The van der Waals surface area contributed by atoms with Gasteiger partial charge >= 0.3 is 0 Å². The second kappa shape index (κ2) is 6.88. The van der Waals surface area contributed by atoms with Gasteiger partial charge in [0.1, 0.15) is 5.75 Å². The van der Waals surface area contributed by atoms with E-state index in [1.165, 1.54) is 43.1 Å². The highest BCUT2D eigenvalue weighted by molar-refractivity contribution is 7.98. The number of sulfonamides is 1. The largest absolute Gasteiger partial charge is 0.495 e. The van der Waals surface area contributed by atoms with Gasteiger partial charge in [-0.1, -0.05) is 0 Å². The topological polar surface area (TPSA) is 98.5 Å². The Morgan fingerprint density at radius 1 is 1.17 bits per heavy atom. The highest BCUT2D eigenvalue weighted by Crippen LogP contribution is 2.31. The van der Waals surface area contributed by atoms with Crippen molar-refractivity contribution in [2.75, 3.05) is 18.1 Å². The predicted molar refractivity (Wildman–Crippen MR) is 88.7 cm³/mol. The Kier molecular flexibility index (Phi) is 5.12. The van der Waals surface area contributed by atoms with Gasteiger partial charge in [0.25, 0.3) is 15.7 Å². The van der Waals surface area contributed by atoms with Crippen LogP contribution in [0.15, 0.2) is 52.3 Å². The molecule has 122 valence electrons. The van der Waals surface area contributed by atoms with Gasteiger partial charge in [-0.3, -0.25) is 14.8 Å². The predicted octanol–water partition coefficient (Wildman–Crippen LogP) is 3.13. The van der Waals surface area contributed by atoms with Crippen molar-refractivity contribution in [2.24, 2.45) is 0 Å². The number of nitro benzene ring substituents is 1. The van der Waals surface area contributed by atoms with Crippen molar-refractivity contribution in [1.29, 1.82) is 0 Å². The Balaban J connectivity index is 2.39. The average Bonchev–Trinajstić information content (AvgIpc) is 2.54. The number of hydrogen-bond donors (Lipinski definition) is 1. The number of methoxy groups -OCH3 is 1. The smallest absolute Gasteiger partial charge is 0.271 e. The van der Waals surface area contributed by atoms with E-state index in [9.17, 15) is 18.5 Å². The van der Waals surface area contributed by atoms with Crippen molar-refractivity contribution >= 4 is 33.2 Å². The van der Waals surface area contributed by atoms with Gasteiger partial charge in [-0.05, 0) is 36.6 Å². The first kappa shape index (κ1) is 17.1. The Morgan fingerprint density at radius 3 is 2.35 bits per heavy atom. The Morgan fingerprint density at radius 2 is 1.83 bits per heavy atom. The van der Waals surface area contributed by atoms with Crippen LogP contribution in [0.1, 0.15) is 0 Å². The molecule has 0 aliphatic heterocycles. The monoisotopic (exact) mass is 354 g/mol. The molecule has 0 bridgehead atoms. The molecular weight excluding hydrogens is 340 g/mol. The minimum atomic E-state index is -3.88. The van der Waals surface area contributed by atoms with Crippen LogP contribution < -0.4 is 9.46 Å². The van der Waals surface area contributed by atoms with E-state index in [4.69, 9.17) is 4.74 Å². The van der Waals surface area contributed by atoms with Crippen LogP contribution in [0.25, 0.3) is 0 Å². The van der Waals surface area contributed by atoms with Crippen molar-refractivity contribution in [2.45, 2.75) is 9.79 Å². The van der Waals surface area contributed by atoms with Crippen molar-refractivity contribution in [3.63, 3.8) is 0 Å². The van der Waals surface area contributed by atoms with E-state index >= 15 is 0 Å². The lowest BCUT2D eigenvalue weighted by atomic mass is 10.2. The van der Waals surface area contributed by atoms with Crippen LogP contribution in [0.2, 0.25) is 0 Å². The molecule has 2 aromatic rings. The first-order valence-corrected chi connectivity index (χ1v) is 9.07. The van der Waals surface area contributed by atoms with Crippen LogP contribution in [0, 0.1) is 10.1 Å². The number of non-ortho nitro benzene ring substituents is 1. The normalized spacial score (nSPS) is 11.0. The van der Waals surface area contributed by atoms with Crippen LogP contribution >= 0.6 is 11.8 Å². The molecule has 0 saturated carbocycles. The fourth-order valence-corrected chi connectivity index (χ4v) is 3.32. The molecule has 0 spiro atoms. The second-order valence-corrected chi connectivity index (χ2v) is 6.98. The molecule has 0 radical (unpaired) electrons. The number of ether oxygens (including phenoxy) is 1. The summed E-state index contributed by atoms with van der Waals surface area (Å²) in [5.41, 5.74) is -0.225. The zero-order valence-electron chi connectivity index (χ0n) is 12.3. The van der Waals surface area contributed by atoms with E-state index < -0.39 is 14.9 Å². The number of nitro groups is 1. The summed E-state index contributed by atoms with van der Waals surface area (Å²) in [6, 6.07) is 10.0. The molecule has 0 aliphatic rings. The van der Waals surface area contributed by atoms with Gasteiger partial charge in [-0.25, -0.2) is 8.42 Å². The number of benzene rings is 2. The summed E-state index contributed by atoms with van der Waals surface area (Å²) in [7, 11) is -2.52. The zero-order valence-corrected chi connectivity index (χ0v) is 14.0. The van der Waals surface area contributed by atoms with Gasteiger partial charge in [0.2, 0.25) is 0 Å². The van der Waals surface area contributed by atoms with E-state index in [-0.39, 0.29) is 22.0 Å². The number of nitrogens with one attached hydrogen (secondary N) is 1. The number of anilines is 1. The molecule has 0 aromatic heterocycles. The molecule has 0 aliphatic carbocycles. The van der Waals surface area contributed by atoms with Crippen LogP contribution in [0.5, 0.6) is 5.75 Å². The third-order valence-corrected chi connectivity index (χ3v) is 5.13. The van der Waals surface area contributed by atoms with Crippen LogP contribution in [0.4, 0.5) is 11.4 Å². The number of hydrogen-bond acceptors (Lipinski definition) is 6. The molecule has 2 rings (SSSR count). The molecule has 0 saturated heterocycles. The van der Waals surface area contributed by atoms with Gasteiger partial charge in [0, 0.05) is 17.0 Å².